The molecule has 0 unspecified atom stereocenters. The van der Waals surface area contributed by atoms with E-state index in [4.69, 9.17) is 0 Å². The number of likely N-dealkylation sites (tertiary alicyclic amines) is 2. The predicted molar refractivity (Wildman–Crippen MR) is 103 cm³/mol. The summed E-state index contributed by atoms with van der Waals surface area (Å²) in [4.78, 5) is 32.9. The first kappa shape index (κ1) is 19.8. The molecule has 0 radical (unpaired) electrons. The SMILES string of the molecule is Cc1ccc(C2(O)CCN(C(=O)CCC(=O)N3CCCCCC3)CC2)nc1. The molecule has 3 rings (SSSR count). The molecule has 0 bridgehead atoms. The molecule has 6 nitrogen and oxygen atoms in total. The number of hydrogen-bond acceptors (Lipinski definition) is 4. The number of aliphatic hydroxyl groups is 1. The summed E-state index contributed by atoms with van der Waals surface area (Å²) in [6, 6.07) is 3.82. The fraction of sp³-hybridized carbons (Fsp3) is 0.667. The molecule has 27 heavy (non-hydrogen) atoms. The highest BCUT2D eigenvalue weighted by Gasteiger charge is 2.36. The van der Waals surface area contributed by atoms with Gasteiger partial charge in [-0.3, -0.25) is 14.6 Å². The number of carbonyl (C=O) groups is 2. The van der Waals surface area contributed by atoms with Gasteiger partial charge in [-0.1, -0.05) is 18.9 Å². The van der Waals surface area contributed by atoms with Gasteiger partial charge in [-0.05, 0) is 44.2 Å². The van der Waals surface area contributed by atoms with Crippen LogP contribution in [0.25, 0.3) is 0 Å². The minimum atomic E-state index is -0.966. The van der Waals surface area contributed by atoms with E-state index in [9.17, 15) is 14.7 Å². The Hall–Kier alpha value is -1.95. The maximum atomic E-state index is 12.5. The second kappa shape index (κ2) is 8.83. The van der Waals surface area contributed by atoms with Gasteiger partial charge in [0, 0.05) is 45.2 Å². The van der Waals surface area contributed by atoms with E-state index in [0.717, 1.165) is 31.5 Å². The number of hydrogen-bond donors (Lipinski definition) is 1. The van der Waals surface area contributed by atoms with E-state index >= 15 is 0 Å². The number of carbonyl (C=O) groups excluding carboxylic acids is 2. The van der Waals surface area contributed by atoms with Crippen molar-refractivity contribution in [2.24, 2.45) is 0 Å². The van der Waals surface area contributed by atoms with Crippen molar-refractivity contribution in [3.63, 3.8) is 0 Å². The Balaban J connectivity index is 1.46. The van der Waals surface area contributed by atoms with Crippen LogP contribution < -0.4 is 0 Å². The van der Waals surface area contributed by atoms with Crippen molar-refractivity contribution in [3.05, 3.63) is 29.6 Å². The molecule has 2 aliphatic heterocycles. The molecule has 1 N–H and O–H groups in total. The van der Waals surface area contributed by atoms with Crippen molar-refractivity contribution >= 4 is 11.8 Å². The molecule has 0 atom stereocenters. The van der Waals surface area contributed by atoms with Crippen molar-refractivity contribution in [1.29, 1.82) is 0 Å². The third-order valence-electron chi connectivity index (χ3n) is 5.84. The van der Waals surface area contributed by atoms with E-state index < -0.39 is 5.60 Å². The minimum absolute atomic E-state index is 0.0112. The number of nitrogens with zero attached hydrogens (tertiary/aromatic N) is 3. The summed E-state index contributed by atoms with van der Waals surface area (Å²) >= 11 is 0. The quantitative estimate of drug-likeness (QED) is 0.879. The van der Waals surface area contributed by atoms with Crippen LogP contribution in [0.5, 0.6) is 0 Å². The van der Waals surface area contributed by atoms with Gasteiger partial charge in [-0.25, -0.2) is 0 Å². The van der Waals surface area contributed by atoms with Crippen molar-refractivity contribution in [3.8, 4) is 0 Å². The molecular formula is C21H31N3O3. The number of aryl methyl sites for hydroxylation is 1. The predicted octanol–water partition coefficient (Wildman–Crippen LogP) is 2.38. The summed E-state index contributed by atoms with van der Waals surface area (Å²) in [5.74, 6) is 0.111. The van der Waals surface area contributed by atoms with Crippen molar-refractivity contribution in [2.75, 3.05) is 26.2 Å². The first-order chi connectivity index (χ1) is 13.0. The summed E-state index contributed by atoms with van der Waals surface area (Å²) in [5.41, 5.74) is 0.771. The van der Waals surface area contributed by atoms with Gasteiger partial charge in [0.2, 0.25) is 11.8 Å². The van der Waals surface area contributed by atoms with Gasteiger partial charge in [0.25, 0.3) is 0 Å². The minimum Gasteiger partial charge on any atom is -0.383 e. The first-order valence-electron chi connectivity index (χ1n) is 10.2. The molecule has 0 saturated carbocycles. The average molecular weight is 373 g/mol. The van der Waals surface area contributed by atoms with Crippen LogP contribution in [0, 0.1) is 6.92 Å². The molecule has 2 aliphatic rings. The van der Waals surface area contributed by atoms with Gasteiger partial charge >= 0.3 is 0 Å². The average Bonchev–Trinajstić information content (AvgIpc) is 2.96. The molecule has 148 valence electrons. The lowest BCUT2D eigenvalue weighted by Crippen LogP contribution is -2.45. The number of piperidine rings is 1. The first-order valence-corrected chi connectivity index (χ1v) is 10.2. The zero-order valence-electron chi connectivity index (χ0n) is 16.3. The Morgan fingerprint density at radius 3 is 2.04 bits per heavy atom. The van der Waals surface area contributed by atoms with Gasteiger partial charge in [-0.15, -0.1) is 0 Å². The highest BCUT2D eigenvalue weighted by atomic mass is 16.3. The Labute approximate surface area is 161 Å². The van der Waals surface area contributed by atoms with Crippen molar-refractivity contribution in [1.82, 2.24) is 14.8 Å². The summed E-state index contributed by atoms with van der Waals surface area (Å²) in [6.07, 6.45) is 7.79. The Morgan fingerprint density at radius 2 is 1.52 bits per heavy atom. The fourth-order valence-electron chi connectivity index (χ4n) is 3.98. The van der Waals surface area contributed by atoms with E-state index in [2.05, 4.69) is 4.98 Å². The number of aromatic nitrogens is 1. The van der Waals surface area contributed by atoms with E-state index in [1.807, 2.05) is 24.0 Å². The Morgan fingerprint density at radius 1 is 0.963 bits per heavy atom. The molecular weight excluding hydrogens is 342 g/mol. The van der Waals surface area contributed by atoms with Crippen LogP contribution >= 0.6 is 0 Å². The molecule has 2 amide bonds. The van der Waals surface area contributed by atoms with Gasteiger partial charge in [-0.2, -0.15) is 0 Å². The molecule has 1 aromatic rings. The van der Waals surface area contributed by atoms with E-state index in [1.165, 1.54) is 12.8 Å². The number of rotatable bonds is 4. The molecule has 0 spiro atoms. The highest BCUT2D eigenvalue weighted by molar-refractivity contribution is 5.84. The third kappa shape index (κ3) is 5.06. The fourth-order valence-corrected chi connectivity index (χ4v) is 3.98. The molecule has 6 heteroatoms. The van der Waals surface area contributed by atoms with Crippen LogP contribution in [0.2, 0.25) is 0 Å². The van der Waals surface area contributed by atoms with Crippen LogP contribution in [-0.4, -0.2) is 57.9 Å². The van der Waals surface area contributed by atoms with Crippen LogP contribution in [0.4, 0.5) is 0 Å². The summed E-state index contributed by atoms with van der Waals surface area (Å²) in [6.45, 7) is 4.63. The number of amides is 2. The maximum Gasteiger partial charge on any atom is 0.223 e. The van der Waals surface area contributed by atoms with E-state index in [0.29, 0.717) is 38.0 Å². The zero-order chi connectivity index (χ0) is 19.3. The summed E-state index contributed by atoms with van der Waals surface area (Å²) in [7, 11) is 0. The van der Waals surface area contributed by atoms with Gasteiger partial charge in [0.1, 0.15) is 5.60 Å². The summed E-state index contributed by atoms with van der Waals surface area (Å²) < 4.78 is 0. The standard InChI is InChI=1S/C21H31N3O3/c1-17-6-7-18(22-16-17)21(27)10-14-24(15-11-21)20(26)9-8-19(25)23-12-4-2-3-5-13-23/h6-7,16,27H,2-5,8-15H2,1H3. The molecule has 3 heterocycles. The Bertz CT molecular complexity index is 643. The lowest BCUT2D eigenvalue weighted by atomic mass is 9.87. The molecule has 2 fully saturated rings. The zero-order valence-corrected chi connectivity index (χ0v) is 16.3. The van der Waals surface area contributed by atoms with Crippen molar-refractivity contribution < 1.29 is 14.7 Å². The maximum absolute atomic E-state index is 12.5. The lowest BCUT2D eigenvalue weighted by Gasteiger charge is -2.38. The van der Waals surface area contributed by atoms with Crippen LogP contribution in [0.3, 0.4) is 0 Å². The Kier molecular flexibility index (Phi) is 6.47. The van der Waals surface area contributed by atoms with Crippen LogP contribution in [0.1, 0.15) is 62.6 Å². The van der Waals surface area contributed by atoms with Gasteiger partial charge in [0.05, 0.1) is 5.69 Å². The second-order valence-corrected chi connectivity index (χ2v) is 7.93. The molecule has 1 aromatic heterocycles. The molecule has 0 aromatic carbocycles. The largest absolute Gasteiger partial charge is 0.383 e. The lowest BCUT2D eigenvalue weighted by molar-refractivity contribution is -0.140. The van der Waals surface area contributed by atoms with E-state index in [1.54, 1.807) is 11.1 Å². The normalized spacial score (nSPS) is 20.2. The molecule has 2 saturated heterocycles. The third-order valence-corrected chi connectivity index (χ3v) is 5.84. The van der Waals surface area contributed by atoms with Crippen LogP contribution in [0.15, 0.2) is 18.3 Å². The van der Waals surface area contributed by atoms with Gasteiger partial charge < -0.3 is 14.9 Å². The number of pyridine rings is 1. The van der Waals surface area contributed by atoms with Gasteiger partial charge in [0.15, 0.2) is 0 Å². The second-order valence-electron chi connectivity index (χ2n) is 7.93. The monoisotopic (exact) mass is 373 g/mol. The highest BCUT2D eigenvalue weighted by Crippen LogP contribution is 2.31. The topological polar surface area (TPSA) is 73.7 Å². The molecule has 0 aliphatic carbocycles. The summed E-state index contributed by atoms with van der Waals surface area (Å²) in [5, 5.41) is 10.9. The van der Waals surface area contributed by atoms with Crippen LogP contribution in [-0.2, 0) is 15.2 Å². The van der Waals surface area contributed by atoms with Crippen molar-refractivity contribution in [2.45, 2.75) is 63.9 Å². The smallest absolute Gasteiger partial charge is 0.223 e. The van der Waals surface area contributed by atoms with E-state index in [-0.39, 0.29) is 18.2 Å².